The molecule has 0 bridgehead atoms. The number of nitrogens with one attached hydrogen (secondary N) is 2. The molecule has 2 N–H and O–H groups in total. The summed E-state index contributed by atoms with van der Waals surface area (Å²) in [5.74, 6) is -0.722. The first-order valence-corrected chi connectivity index (χ1v) is 5.64. The molecule has 19 heavy (non-hydrogen) atoms. The van der Waals surface area contributed by atoms with E-state index in [1.807, 2.05) is 0 Å². The Morgan fingerprint density at radius 3 is 2.68 bits per heavy atom. The second-order valence-electron chi connectivity index (χ2n) is 4.06. The van der Waals surface area contributed by atoms with Gasteiger partial charge < -0.3 is 10.6 Å². The van der Waals surface area contributed by atoms with Gasteiger partial charge in [-0.3, -0.25) is 14.5 Å². The summed E-state index contributed by atoms with van der Waals surface area (Å²) in [7, 11) is 0. The average Bonchev–Trinajstić information content (AvgIpc) is 2.49. The van der Waals surface area contributed by atoms with E-state index in [-0.39, 0.29) is 6.54 Å². The number of urea groups is 1. The molecule has 1 heterocycles. The number of carbonyl (C=O) groups excluding carboxylic acids is 3. The standard InChI is InChI=1S/C10H13F3N3O3/c11-10(12,13)5-14-9(19)16-4-2-1-3-7(8(16)18)15-6-17/h7H,1-5H2,(H,14,19)(H,15,17)/t7-/m0/s1. The van der Waals surface area contributed by atoms with Crippen molar-refractivity contribution in [2.45, 2.75) is 31.5 Å². The molecule has 0 unspecified atom stereocenters. The molecule has 0 aromatic rings. The van der Waals surface area contributed by atoms with Crippen LogP contribution in [-0.2, 0) is 9.59 Å². The monoisotopic (exact) mass is 280 g/mol. The summed E-state index contributed by atoms with van der Waals surface area (Å²) in [6, 6.07) is -2.03. The van der Waals surface area contributed by atoms with Crippen molar-refractivity contribution < 1.29 is 27.6 Å². The highest BCUT2D eigenvalue weighted by Crippen LogP contribution is 2.14. The van der Waals surface area contributed by atoms with Crippen molar-refractivity contribution in [3.63, 3.8) is 0 Å². The maximum atomic E-state index is 12.0. The minimum atomic E-state index is -4.54. The van der Waals surface area contributed by atoms with E-state index in [0.717, 1.165) is 0 Å². The molecule has 107 valence electrons. The molecule has 9 heteroatoms. The fourth-order valence-corrected chi connectivity index (χ4v) is 1.72. The number of nitrogens with zero attached hydrogens (tertiary/aromatic N) is 1. The topological polar surface area (TPSA) is 78.5 Å². The van der Waals surface area contributed by atoms with Crippen LogP contribution in [0.1, 0.15) is 19.3 Å². The molecule has 0 aliphatic carbocycles. The van der Waals surface area contributed by atoms with Gasteiger partial charge in [0.05, 0.1) is 0 Å². The van der Waals surface area contributed by atoms with Crippen LogP contribution in [0.5, 0.6) is 0 Å². The van der Waals surface area contributed by atoms with Gasteiger partial charge in [0.1, 0.15) is 12.6 Å². The predicted molar refractivity (Wildman–Crippen MR) is 57.6 cm³/mol. The molecule has 1 fully saturated rings. The predicted octanol–water partition coefficient (Wildman–Crippen LogP) is 0.296. The first-order valence-electron chi connectivity index (χ1n) is 5.64. The molecule has 1 saturated heterocycles. The van der Waals surface area contributed by atoms with Crippen LogP contribution in [0, 0.1) is 0 Å². The van der Waals surface area contributed by atoms with Crippen molar-refractivity contribution >= 4 is 18.3 Å². The molecule has 1 aliphatic rings. The lowest BCUT2D eigenvalue weighted by atomic mass is 10.1. The van der Waals surface area contributed by atoms with Crippen molar-refractivity contribution in [3.8, 4) is 0 Å². The zero-order valence-electron chi connectivity index (χ0n) is 9.92. The van der Waals surface area contributed by atoms with Crippen LogP contribution in [0.4, 0.5) is 18.0 Å². The molecule has 1 aliphatic heterocycles. The van der Waals surface area contributed by atoms with E-state index < -0.39 is 30.7 Å². The minimum absolute atomic E-state index is 0.0273. The number of hydrogen-bond acceptors (Lipinski definition) is 3. The first kappa shape index (κ1) is 15.3. The zero-order valence-corrected chi connectivity index (χ0v) is 9.92. The lowest BCUT2D eigenvalue weighted by molar-refractivity contribution is -0.131. The number of rotatable bonds is 3. The maximum absolute atomic E-state index is 12.0. The number of amides is 4. The second-order valence-corrected chi connectivity index (χ2v) is 4.06. The van der Waals surface area contributed by atoms with Gasteiger partial charge in [0, 0.05) is 6.54 Å². The van der Waals surface area contributed by atoms with Gasteiger partial charge in [0.15, 0.2) is 0 Å². The molecular formula is C10H13F3N3O3. The fourth-order valence-electron chi connectivity index (χ4n) is 1.72. The average molecular weight is 280 g/mol. The van der Waals surface area contributed by atoms with Crippen molar-refractivity contribution in [1.82, 2.24) is 15.5 Å². The first-order chi connectivity index (χ1) is 8.85. The van der Waals surface area contributed by atoms with Crippen LogP contribution in [0.3, 0.4) is 0 Å². The van der Waals surface area contributed by atoms with Crippen LogP contribution in [-0.4, -0.2) is 48.6 Å². The summed E-state index contributed by atoms with van der Waals surface area (Å²) in [5.41, 5.74) is 0. The van der Waals surface area contributed by atoms with E-state index in [1.54, 1.807) is 5.32 Å². The molecule has 0 spiro atoms. The van der Waals surface area contributed by atoms with Crippen molar-refractivity contribution in [1.29, 1.82) is 0 Å². The Kier molecular flexibility index (Phi) is 5.13. The molecule has 1 atom stereocenters. The second kappa shape index (κ2) is 6.39. The van der Waals surface area contributed by atoms with Gasteiger partial charge in [0.2, 0.25) is 0 Å². The third-order valence-electron chi connectivity index (χ3n) is 2.61. The van der Waals surface area contributed by atoms with Crippen LogP contribution < -0.4 is 10.6 Å². The van der Waals surface area contributed by atoms with E-state index in [9.17, 15) is 27.6 Å². The van der Waals surface area contributed by atoms with Crippen molar-refractivity contribution in [2.24, 2.45) is 0 Å². The SMILES string of the molecule is O=[C]N[C@H]1CCCCN(C(=O)NCC(F)(F)F)C1=O. The van der Waals surface area contributed by atoms with Gasteiger partial charge in [-0.2, -0.15) is 13.2 Å². The van der Waals surface area contributed by atoms with Gasteiger partial charge in [-0.25, -0.2) is 4.79 Å². The molecule has 1 rings (SSSR count). The molecule has 0 saturated carbocycles. The van der Waals surface area contributed by atoms with Crippen LogP contribution >= 0.6 is 0 Å². The third kappa shape index (κ3) is 4.76. The quantitative estimate of drug-likeness (QED) is 0.730. The Morgan fingerprint density at radius 1 is 1.42 bits per heavy atom. The Labute approximate surface area is 107 Å². The van der Waals surface area contributed by atoms with E-state index in [4.69, 9.17) is 0 Å². The van der Waals surface area contributed by atoms with Gasteiger partial charge in [-0.05, 0) is 19.3 Å². The largest absolute Gasteiger partial charge is 0.405 e. The van der Waals surface area contributed by atoms with Crippen molar-refractivity contribution in [2.75, 3.05) is 13.1 Å². The summed E-state index contributed by atoms with van der Waals surface area (Å²) < 4.78 is 35.9. The lowest BCUT2D eigenvalue weighted by Crippen LogP contribution is -2.52. The number of likely N-dealkylation sites (tertiary alicyclic amines) is 1. The molecule has 0 aromatic carbocycles. The highest BCUT2D eigenvalue weighted by molar-refractivity contribution is 5.97. The Morgan fingerprint density at radius 2 is 2.11 bits per heavy atom. The lowest BCUT2D eigenvalue weighted by Gasteiger charge is -2.22. The smallest absolute Gasteiger partial charge is 0.336 e. The Bertz CT molecular complexity index is 360. The Balaban J connectivity index is 2.65. The van der Waals surface area contributed by atoms with E-state index >= 15 is 0 Å². The zero-order chi connectivity index (χ0) is 14.5. The fraction of sp³-hybridized carbons (Fsp3) is 0.700. The number of hydrogen-bond donors (Lipinski definition) is 2. The van der Waals surface area contributed by atoms with E-state index in [2.05, 4.69) is 5.32 Å². The summed E-state index contributed by atoms with van der Waals surface area (Å²) in [5, 5.41) is 3.76. The highest BCUT2D eigenvalue weighted by Gasteiger charge is 2.33. The summed E-state index contributed by atoms with van der Waals surface area (Å²) in [4.78, 5) is 34.3. The van der Waals surface area contributed by atoms with Crippen LogP contribution in [0.2, 0.25) is 0 Å². The van der Waals surface area contributed by atoms with E-state index in [0.29, 0.717) is 24.2 Å². The highest BCUT2D eigenvalue weighted by atomic mass is 19.4. The number of imide groups is 1. The molecule has 1 radical (unpaired) electrons. The summed E-state index contributed by atoms with van der Waals surface area (Å²) in [6.45, 7) is -1.48. The van der Waals surface area contributed by atoms with Gasteiger partial charge in [0.25, 0.3) is 5.91 Å². The normalized spacial score (nSPS) is 20.7. The van der Waals surface area contributed by atoms with Gasteiger partial charge in [-0.15, -0.1) is 0 Å². The van der Waals surface area contributed by atoms with Crippen LogP contribution in [0.25, 0.3) is 0 Å². The van der Waals surface area contributed by atoms with Gasteiger partial charge >= 0.3 is 18.6 Å². The minimum Gasteiger partial charge on any atom is -0.336 e. The number of alkyl halides is 3. The molecular weight excluding hydrogens is 267 g/mol. The number of carbonyl (C=O) groups is 2. The third-order valence-corrected chi connectivity index (χ3v) is 2.61. The molecule has 4 amide bonds. The maximum Gasteiger partial charge on any atom is 0.405 e. The van der Waals surface area contributed by atoms with Crippen molar-refractivity contribution in [3.05, 3.63) is 0 Å². The molecule has 6 nitrogen and oxygen atoms in total. The van der Waals surface area contributed by atoms with Crippen LogP contribution in [0.15, 0.2) is 0 Å². The Hall–Kier alpha value is -1.80. The summed E-state index contributed by atoms with van der Waals surface area (Å²) in [6.07, 6.45) is -1.81. The van der Waals surface area contributed by atoms with E-state index in [1.165, 1.54) is 6.41 Å². The summed E-state index contributed by atoms with van der Waals surface area (Å²) >= 11 is 0. The molecule has 0 aromatic heterocycles. The number of halogens is 3. The van der Waals surface area contributed by atoms with Gasteiger partial charge in [-0.1, -0.05) is 0 Å².